The average Bonchev–Trinajstić information content (AvgIpc) is 2.58. The maximum atomic E-state index is 13.9. The number of carboxylic acid groups (broad SMARTS) is 1. The minimum atomic E-state index is -0.871. The zero-order valence-corrected chi connectivity index (χ0v) is 15.9. The summed E-state index contributed by atoms with van der Waals surface area (Å²) in [6, 6.07) is 4.65. The Morgan fingerprint density at radius 1 is 1.31 bits per heavy atom. The van der Waals surface area contributed by atoms with Crippen molar-refractivity contribution in [3.8, 4) is 0 Å². The van der Waals surface area contributed by atoms with E-state index in [0.29, 0.717) is 49.9 Å². The summed E-state index contributed by atoms with van der Waals surface area (Å²) in [5.41, 5.74) is 0.483. The molecule has 2 rings (SSSR count). The van der Waals surface area contributed by atoms with Crippen LogP contribution in [0.1, 0.15) is 12.5 Å². The Morgan fingerprint density at radius 2 is 1.96 bits per heavy atom. The van der Waals surface area contributed by atoms with Gasteiger partial charge in [-0.1, -0.05) is 24.6 Å². The van der Waals surface area contributed by atoms with Gasteiger partial charge in [-0.3, -0.25) is 19.4 Å². The van der Waals surface area contributed by atoms with Crippen LogP contribution in [0, 0.1) is 11.7 Å². The van der Waals surface area contributed by atoms with E-state index in [0.717, 1.165) is 0 Å². The summed E-state index contributed by atoms with van der Waals surface area (Å²) < 4.78 is 13.9. The van der Waals surface area contributed by atoms with Gasteiger partial charge < -0.3 is 10.0 Å². The number of aliphatic carboxylic acids is 1. The molecule has 144 valence electrons. The number of carbonyl (C=O) groups is 2. The van der Waals surface area contributed by atoms with E-state index in [4.69, 9.17) is 16.7 Å². The summed E-state index contributed by atoms with van der Waals surface area (Å²) in [4.78, 5) is 28.8. The second kappa shape index (κ2) is 9.30. The Balaban J connectivity index is 1.80. The minimum absolute atomic E-state index is 0.0198. The number of likely N-dealkylation sites (N-methyl/N-ethyl adjacent to an activating group) is 1. The molecule has 6 nitrogen and oxygen atoms in total. The number of carbonyl (C=O) groups excluding carboxylic acids is 1. The van der Waals surface area contributed by atoms with Gasteiger partial charge in [0.25, 0.3) is 0 Å². The number of halogens is 2. The van der Waals surface area contributed by atoms with Crippen LogP contribution < -0.4 is 0 Å². The highest BCUT2D eigenvalue weighted by Crippen LogP contribution is 2.21. The molecule has 1 saturated heterocycles. The monoisotopic (exact) mass is 385 g/mol. The molecule has 1 fully saturated rings. The maximum absolute atomic E-state index is 13.9. The molecule has 0 bridgehead atoms. The van der Waals surface area contributed by atoms with E-state index in [2.05, 4.69) is 4.90 Å². The number of nitrogens with zero attached hydrogens (tertiary/aromatic N) is 3. The molecule has 1 aliphatic heterocycles. The Morgan fingerprint density at radius 3 is 2.54 bits per heavy atom. The highest BCUT2D eigenvalue weighted by Gasteiger charge is 2.24. The van der Waals surface area contributed by atoms with E-state index >= 15 is 0 Å². The maximum Gasteiger partial charge on any atom is 0.307 e. The first kappa shape index (κ1) is 20.6. The Bertz CT molecular complexity index is 630. The van der Waals surface area contributed by atoms with E-state index < -0.39 is 11.9 Å². The second-order valence-electron chi connectivity index (χ2n) is 6.79. The molecule has 0 radical (unpaired) electrons. The van der Waals surface area contributed by atoms with Crippen molar-refractivity contribution in [2.24, 2.45) is 5.92 Å². The van der Waals surface area contributed by atoms with Crippen molar-refractivity contribution >= 4 is 23.5 Å². The molecule has 1 N–H and O–H groups in total. The lowest BCUT2D eigenvalue weighted by Gasteiger charge is -2.35. The summed E-state index contributed by atoms with van der Waals surface area (Å²) in [6.07, 6.45) is 0. The molecular formula is C18H25ClFN3O3. The number of hydrogen-bond acceptors (Lipinski definition) is 4. The molecule has 1 heterocycles. The smallest absolute Gasteiger partial charge is 0.307 e. The number of piperazine rings is 1. The lowest BCUT2D eigenvalue weighted by molar-refractivity contribution is -0.142. The standard InChI is InChI=1S/C18H25ClFN3O3/c1-13(18(25)26)10-21(2)12-17(24)23-8-6-22(7-9-23)11-14-15(19)4-3-5-16(14)20/h3-5,13H,6-12H2,1-2H3,(H,25,26). The van der Waals surface area contributed by atoms with Crippen molar-refractivity contribution in [1.82, 2.24) is 14.7 Å². The van der Waals surface area contributed by atoms with Gasteiger partial charge in [-0.05, 0) is 19.2 Å². The van der Waals surface area contributed by atoms with E-state index in [9.17, 15) is 14.0 Å². The van der Waals surface area contributed by atoms with Crippen molar-refractivity contribution in [3.05, 3.63) is 34.6 Å². The molecule has 0 spiro atoms. The fraction of sp³-hybridized carbons (Fsp3) is 0.556. The van der Waals surface area contributed by atoms with Crippen LogP contribution in [0.2, 0.25) is 5.02 Å². The van der Waals surface area contributed by atoms with Crippen molar-refractivity contribution in [1.29, 1.82) is 0 Å². The van der Waals surface area contributed by atoms with Crippen molar-refractivity contribution in [3.63, 3.8) is 0 Å². The van der Waals surface area contributed by atoms with Crippen LogP contribution in [-0.4, -0.2) is 78.0 Å². The molecule has 1 aliphatic rings. The van der Waals surface area contributed by atoms with Gasteiger partial charge in [0, 0.05) is 49.9 Å². The normalized spacial score (nSPS) is 16.7. The van der Waals surface area contributed by atoms with E-state index in [-0.39, 0.29) is 18.3 Å². The van der Waals surface area contributed by atoms with Crippen LogP contribution in [0.25, 0.3) is 0 Å². The Labute approximate surface area is 158 Å². The molecule has 26 heavy (non-hydrogen) atoms. The van der Waals surface area contributed by atoms with Crippen LogP contribution in [-0.2, 0) is 16.1 Å². The lowest BCUT2D eigenvalue weighted by atomic mass is 10.1. The highest BCUT2D eigenvalue weighted by molar-refractivity contribution is 6.31. The van der Waals surface area contributed by atoms with Gasteiger partial charge in [0.1, 0.15) is 5.82 Å². The molecule has 1 atom stereocenters. The van der Waals surface area contributed by atoms with Crippen LogP contribution in [0.5, 0.6) is 0 Å². The summed E-state index contributed by atoms with van der Waals surface area (Å²) >= 11 is 6.07. The molecule has 0 saturated carbocycles. The van der Waals surface area contributed by atoms with Gasteiger partial charge in [-0.25, -0.2) is 4.39 Å². The van der Waals surface area contributed by atoms with E-state index in [1.807, 2.05) is 0 Å². The molecule has 0 aromatic heterocycles. The van der Waals surface area contributed by atoms with E-state index in [1.165, 1.54) is 6.07 Å². The topological polar surface area (TPSA) is 64.1 Å². The second-order valence-corrected chi connectivity index (χ2v) is 7.20. The molecule has 1 aromatic rings. The fourth-order valence-electron chi connectivity index (χ4n) is 3.00. The molecule has 1 amide bonds. The first-order chi connectivity index (χ1) is 12.3. The van der Waals surface area contributed by atoms with Crippen molar-refractivity contribution in [2.75, 3.05) is 46.3 Å². The highest BCUT2D eigenvalue weighted by atomic mass is 35.5. The van der Waals surface area contributed by atoms with Gasteiger partial charge in [0.15, 0.2) is 0 Å². The predicted octanol–water partition coefficient (Wildman–Crippen LogP) is 1.78. The third kappa shape index (κ3) is 5.65. The van der Waals surface area contributed by atoms with Crippen LogP contribution in [0.3, 0.4) is 0 Å². The molecule has 1 unspecified atom stereocenters. The summed E-state index contributed by atoms with van der Waals surface area (Å²) in [5.74, 6) is -1.72. The quantitative estimate of drug-likeness (QED) is 0.775. The Kier molecular flexibility index (Phi) is 7.37. The first-order valence-corrected chi connectivity index (χ1v) is 9.00. The molecular weight excluding hydrogens is 361 g/mol. The number of amides is 1. The number of carboxylic acids is 1. The summed E-state index contributed by atoms with van der Waals surface area (Å²) in [7, 11) is 1.74. The SMILES string of the molecule is CC(CN(C)CC(=O)N1CCN(Cc2c(F)cccc2Cl)CC1)C(=O)O. The molecule has 8 heteroatoms. The lowest BCUT2D eigenvalue weighted by Crippen LogP contribution is -2.51. The number of rotatable bonds is 7. The van der Waals surface area contributed by atoms with Gasteiger partial charge >= 0.3 is 5.97 Å². The van der Waals surface area contributed by atoms with Gasteiger partial charge in [0.05, 0.1) is 12.5 Å². The summed E-state index contributed by atoms with van der Waals surface area (Å²) in [6.45, 7) is 4.97. The van der Waals surface area contributed by atoms with Crippen LogP contribution in [0.4, 0.5) is 4.39 Å². The third-order valence-corrected chi connectivity index (χ3v) is 4.93. The predicted molar refractivity (Wildman–Crippen MR) is 97.6 cm³/mol. The van der Waals surface area contributed by atoms with Gasteiger partial charge in [-0.15, -0.1) is 0 Å². The zero-order chi connectivity index (χ0) is 19.3. The fourth-order valence-corrected chi connectivity index (χ4v) is 3.23. The van der Waals surface area contributed by atoms with Gasteiger partial charge in [-0.2, -0.15) is 0 Å². The third-order valence-electron chi connectivity index (χ3n) is 4.58. The first-order valence-electron chi connectivity index (χ1n) is 8.62. The van der Waals surface area contributed by atoms with Crippen LogP contribution >= 0.6 is 11.6 Å². The van der Waals surface area contributed by atoms with Crippen LogP contribution in [0.15, 0.2) is 18.2 Å². The molecule has 0 aliphatic carbocycles. The number of hydrogen-bond donors (Lipinski definition) is 1. The minimum Gasteiger partial charge on any atom is -0.481 e. The van der Waals surface area contributed by atoms with Crippen molar-refractivity contribution in [2.45, 2.75) is 13.5 Å². The average molecular weight is 386 g/mol. The molecule has 1 aromatic carbocycles. The summed E-state index contributed by atoms with van der Waals surface area (Å²) in [5, 5.41) is 9.35. The van der Waals surface area contributed by atoms with E-state index in [1.54, 1.807) is 35.9 Å². The number of benzene rings is 1. The van der Waals surface area contributed by atoms with Crippen molar-refractivity contribution < 1.29 is 19.1 Å². The van der Waals surface area contributed by atoms with Gasteiger partial charge in [0.2, 0.25) is 5.91 Å². The largest absolute Gasteiger partial charge is 0.481 e. The Hall–Kier alpha value is -1.70. The zero-order valence-electron chi connectivity index (χ0n) is 15.1.